The van der Waals surface area contributed by atoms with Crippen LogP contribution in [0.15, 0.2) is 60.9 Å². The van der Waals surface area contributed by atoms with E-state index in [9.17, 15) is 0 Å². The first kappa shape index (κ1) is 16.9. The van der Waals surface area contributed by atoms with Gasteiger partial charge in [-0.25, -0.2) is 9.97 Å². The maximum absolute atomic E-state index is 5.61. The fourth-order valence-electron chi connectivity index (χ4n) is 4.07. The van der Waals surface area contributed by atoms with E-state index in [0.29, 0.717) is 11.7 Å². The van der Waals surface area contributed by atoms with Crippen LogP contribution in [0.1, 0.15) is 5.56 Å². The van der Waals surface area contributed by atoms with Gasteiger partial charge in [-0.2, -0.15) is 0 Å². The van der Waals surface area contributed by atoms with Crippen LogP contribution in [0.4, 0.5) is 0 Å². The molecule has 4 heterocycles. The smallest absolute Gasteiger partial charge is 0.224 e. The highest BCUT2D eigenvalue weighted by atomic mass is 16.5. The van der Waals surface area contributed by atoms with Crippen LogP contribution in [-0.4, -0.2) is 32.0 Å². The van der Waals surface area contributed by atoms with Crippen molar-refractivity contribution in [3.05, 3.63) is 66.5 Å². The molecule has 0 radical (unpaired) electrons. The number of imidazole rings is 1. The summed E-state index contributed by atoms with van der Waals surface area (Å²) in [7, 11) is 1.63. The number of ether oxygens (including phenoxy) is 1. The summed E-state index contributed by atoms with van der Waals surface area (Å²) in [5, 5.41) is 3.00. The molecule has 2 aromatic carbocycles. The molecule has 6 aromatic rings. The number of methoxy groups -OCH3 is 1. The lowest BCUT2D eigenvalue weighted by molar-refractivity contribution is 0.401. The molecule has 30 heavy (non-hydrogen) atoms. The number of benzene rings is 2. The van der Waals surface area contributed by atoms with Gasteiger partial charge in [0.15, 0.2) is 0 Å². The number of aryl methyl sites for hydroxylation is 1. The van der Waals surface area contributed by atoms with Gasteiger partial charge in [-0.1, -0.05) is 11.6 Å². The van der Waals surface area contributed by atoms with Gasteiger partial charge in [0.1, 0.15) is 5.82 Å². The number of H-pyrrole nitrogens is 1. The molecule has 0 aliphatic rings. The van der Waals surface area contributed by atoms with Crippen molar-refractivity contribution >= 4 is 43.7 Å². The van der Waals surface area contributed by atoms with Crippen LogP contribution in [0.25, 0.3) is 55.1 Å². The summed E-state index contributed by atoms with van der Waals surface area (Å²) in [5.74, 6) is 1.24. The van der Waals surface area contributed by atoms with E-state index in [4.69, 9.17) is 14.7 Å². The number of hydrogen-bond donors (Lipinski definition) is 1. The number of fused-ring (bicyclic) bond motifs is 7. The Kier molecular flexibility index (Phi) is 3.49. The lowest BCUT2D eigenvalue weighted by atomic mass is 10.1. The van der Waals surface area contributed by atoms with Crippen LogP contribution in [0.5, 0.6) is 5.88 Å². The van der Waals surface area contributed by atoms with Crippen LogP contribution >= 0.6 is 0 Å². The molecule has 0 saturated carbocycles. The zero-order valence-corrected chi connectivity index (χ0v) is 16.5. The summed E-state index contributed by atoms with van der Waals surface area (Å²) < 4.78 is 5.61. The first-order valence-electron chi connectivity index (χ1n) is 9.70. The molecule has 6 nitrogen and oxygen atoms in total. The SMILES string of the molecule is COc1nc2ccc(C)cc2cc1-c1nc2c3cccnc3c3ncccc3c2[nH]1. The van der Waals surface area contributed by atoms with Gasteiger partial charge in [-0.05, 0) is 49.4 Å². The van der Waals surface area contributed by atoms with E-state index in [0.717, 1.165) is 49.3 Å². The maximum atomic E-state index is 5.61. The zero-order valence-electron chi connectivity index (χ0n) is 16.5. The lowest BCUT2D eigenvalue weighted by Gasteiger charge is -2.08. The van der Waals surface area contributed by atoms with E-state index in [-0.39, 0.29) is 0 Å². The monoisotopic (exact) mass is 391 g/mol. The molecule has 0 amide bonds. The number of rotatable bonds is 2. The van der Waals surface area contributed by atoms with E-state index in [1.165, 1.54) is 5.56 Å². The second kappa shape index (κ2) is 6.22. The van der Waals surface area contributed by atoms with E-state index in [1.807, 2.05) is 36.4 Å². The molecule has 4 aromatic heterocycles. The molecule has 6 heteroatoms. The number of hydrogen-bond acceptors (Lipinski definition) is 5. The summed E-state index contributed by atoms with van der Waals surface area (Å²) in [6.07, 6.45) is 3.58. The van der Waals surface area contributed by atoms with Crippen LogP contribution in [-0.2, 0) is 0 Å². The molecule has 0 atom stereocenters. The van der Waals surface area contributed by atoms with E-state index < -0.39 is 0 Å². The van der Waals surface area contributed by atoms with Crippen molar-refractivity contribution in [3.63, 3.8) is 0 Å². The highest BCUT2D eigenvalue weighted by Crippen LogP contribution is 2.36. The Hall–Kier alpha value is -4.06. The molecule has 0 bridgehead atoms. The average molecular weight is 391 g/mol. The van der Waals surface area contributed by atoms with Gasteiger partial charge in [-0.3, -0.25) is 9.97 Å². The molecule has 0 spiro atoms. The highest BCUT2D eigenvalue weighted by molar-refractivity contribution is 6.21. The Balaban J connectivity index is 1.72. The second-order valence-electron chi connectivity index (χ2n) is 7.35. The molecule has 1 N–H and O–H groups in total. The Morgan fingerprint density at radius 2 is 1.60 bits per heavy atom. The van der Waals surface area contributed by atoms with Crippen molar-refractivity contribution in [2.24, 2.45) is 0 Å². The fraction of sp³-hybridized carbons (Fsp3) is 0.0833. The van der Waals surface area contributed by atoms with Gasteiger partial charge in [-0.15, -0.1) is 0 Å². The van der Waals surface area contributed by atoms with Gasteiger partial charge in [0.2, 0.25) is 5.88 Å². The van der Waals surface area contributed by atoms with Crippen molar-refractivity contribution in [2.75, 3.05) is 7.11 Å². The third kappa shape index (κ3) is 2.37. The third-order valence-corrected chi connectivity index (χ3v) is 5.45. The van der Waals surface area contributed by atoms with E-state index >= 15 is 0 Å². The first-order valence-corrected chi connectivity index (χ1v) is 9.70. The maximum Gasteiger partial charge on any atom is 0.224 e. The predicted molar refractivity (Wildman–Crippen MR) is 119 cm³/mol. The molecule has 0 fully saturated rings. The zero-order chi connectivity index (χ0) is 20.2. The second-order valence-corrected chi connectivity index (χ2v) is 7.35. The molecular weight excluding hydrogens is 374 g/mol. The largest absolute Gasteiger partial charge is 0.480 e. The summed E-state index contributed by atoms with van der Waals surface area (Å²) in [4.78, 5) is 22.3. The molecule has 0 aliphatic carbocycles. The summed E-state index contributed by atoms with van der Waals surface area (Å²) in [5.41, 5.74) is 6.38. The minimum Gasteiger partial charge on any atom is -0.480 e. The number of nitrogens with one attached hydrogen (secondary N) is 1. The Morgan fingerprint density at radius 1 is 0.833 bits per heavy atom. The fourth-order valence-corrected chi connectivity index (χ4v) is 4.07. The van der Waals surface area contributed by atoms with Crippen molar-refractivity contribution < 1.29 is 4.74 Å². The standard InChI is InChI=1S/C24H17N5O/c1-13-7-8-18-14(11-13)12-17(24(27-18)30-2)23-28-21-15-5-3-9-25-19(15)20-16(22(21)29-23)6-4-10-26-20/h3-12H,1-2H3,(H,28,29). The number of aromatic amines is 1. The summed E-state index contributed by atoms with van der Waals surface area (Å²) >= 11 is 0. The van der Waals surface area contributed by atoms with Gasteiger partial charge in [0.05, 0.1) is 40.3 Å². The van der Waals surface area contributed by atoms with Crippen LogP contribution in [0.2, 0.25) is 0 Å². The van der Waals surface area contributed by atoms with E-state index in [2.05, 4.69) is 34.0 Å². The van der Waals surface area contributed by atoms with Crippen molar-refractivity contribution in [2.45, 2.75) is 6.92 Å². The quantitative estimate of drug-likeness (QED) is 0.411. The average Bonchev–Trinajstić information content (AvgIpc) is 3.24. The van der Waals surface area contributed by atoms with Crippen molar-refractivity contribution in [1.82, 2.24) is 24.9 Å². The number of aromatic nitrogens is 5. The Labute approximate surface area is 171 Å². The Morgan fingerprint density at radius 3 is 2.40 bits per heavy atom. The minimum atomic E-state index is 0.537. The van der Waals surface area contributed by atoms with Crippen LogP contribution in [0, 0.1) is 6.92 Å². The van der Waals surface area contributed by atoms with Gasteiger partial charge < -0.3 is 9.72 Å². The van der Waals surface area contributed by atoms with Gasteiger partial charge >= 0.3 is 0 Å². The number of pyridine rings is 3. The normalized spacial score (nSPS) is 11.7. The summed E-state index contributed by atoms with van der Waals surface area (Å²) in [6, 6.07) is 16.2. The molecule has 0 unspecified atom stereocenters. The third-order valence-electron chi connectivity index (χ3n) is 5.45. The number of nitrogens with zero attached hydrogens (tertiary/aromatic N) is 4. The highest BCUT2D eigenvalue weighted by Gasteiger charge is 2.18. The van der Waals surface area contributed by atoms with Crippen LogP contribution in [0.3, 0.4) is 0 Å². The van der Waals surface area contributed by atoms with Gasteiger partial charge in [0.25, 0.3) is 0 Å². The Bertz CT molecular complexity index is 1530. The predicted octanol–water partition coefficient (Wildman–Crippen LogP) is 5.19. The molecule has 0 saturated heterocycles. The molecule has 0 aliphatic heterocycles. The minimum absolute atomic E-state index is 0.537. The first-order chi connectivity index (χ1) is 14.7. The topological polar surface area (TPSA) is 76.6 Å². The van der Waals surface area contributed by atoms with Gasteiger partial charge in [0, 0.05) is 28.6 Å². The lowest BCUT2D eigenvalue weighted by Crippen LogP contribution is -1.94. The van der Waals surface area contributed by atoms with E-state index in [1.54, 1.807) is 19.5 Å². The summed E-state index contributed by atoms with van der Waals surface area (Å²) in [6.45, 7) is 2.07. The molecule has 144 valence electrons. The molecule has 6 rings (SSSR count). The van der Waals surface area contributed by atoms with Crippen LogP contribution < -0.4 is 4.74 Å². The van der Waals surface area contributed by atoms with Crippen molar-refractivity contribution in [3.8, 4) is 17.3 Å². The van der Waals surface area contributed by atoms with Crippen molar-refractivity contribution in [1.29, 1.82) is 0 Å². The molecular formula is C24H17N5O.